The molecule has 8 fully saturated rings. The van der Waals surface area contributed by atoms with E-state index in [1.807, 2.05) is 13.8 Å². The molecule has 8 atom stereocenters. The lowest BCUT2D eigenvalue weighted by Crippen LogP contribution is -2.44. The van der Waals surface area contributed by atoms with Crippen molar-refractivity contribution in [3.8, 4) is 0 Å². The number of thioether (sulfide) groups is 4. The molecule has 0 amide bonds. The summed E-state index contributed by atoms with van der Waals surface area (Å²) in [7, 11) is 0. The van der Waals surface area contributed by atoms with Crippen molar-refractivity contribution in [1.29, 1.82) is 0 Å². The van der Waals surface area contributed by atoms with Gasteiger partial charge in [-0.3, -0.25) is 0 Å². The number of hydrogen-bond acceptors (Lipinski definition) is 32. The summed E-state index contributed by atoms with van der Waals surface area (Å²) in [6.45, 7) is 53.7. The minimum Gasteiger partial charge on any atom is -0.443 e. The van der Waals surface area contributed by atoms with Crippen LogP contribution in [0.15, 0.2) is 99.2 Å². The van der Waals surface area contributed by atoms with Crippen LogP contribution in [-0.4, -0.2) is 247 Å². The molecule has 8 unspecified atom stereocenters. The van der Waals surface area contributed by atoms with Gasteiger partial charge in [0, 0.05) is 111 Å². The van der Waals surface area contributed by atoms with Crippen molar-refractivity contribution in [2.45, 2.75) is 141 Å². The molecule has 0 aromatic rings. The monoisotopic (exact) mass is 1520 g/mol. The second-order valence-electron chi connectivity index (χ2n) is 23.6. The quantitative estimate of drug-likeness (QED) is 0.0790. The first-order valence-electron chi connectivity index (χ1n) is 32.7. The van der Waals surface area contributed by atoms with Crippen LogP contribution in [0.4, 0.5) is 0 Å². The van der Waals surface area contributed by atoms with Crippen molar-refractivity contribution in [3.05, 3.63) is 99.2 Å². The van der Waals surface area contributed by atoms with Gasteiger partial charge in [0.05, 0.1) is 90.8 Å². The van der Waals surface area contributed by atoms with E-state index in [1.165, 1.54) is 6.08 Å². The molecular weight excluding hydrogens is 1420 g/mol. The number of rotatable bonds is 16. The van der Waals surface area contributed by atoms with Crippen LogP contribution in [-0.2, 0) is 133 Å². The molecule has 0 radical (unpaired) electrons. The summed E-state index contributed by atoms with van der Waals surface area (Å²) >= 11 is 6.64. The zero-order valence-corrected chi connectivity index (χ0v) is 64.2. The van der Waals surface area contributed by atoms with E-state index in [0.29, 0.717) is 126 Å². The van der Waals surface area contributed by atoms with Gasteiger partial charge >= 0.3 is 47.8 Å². The van der Waals surface area contributed by atoms with Crippen LogP contribution in [0.5, 0.6) is 0 Å². The topological polar surface area (TPSA) is 321 Å². The minimum absolute atomic E-state index is 0.270. The van der Waals surface area contributed by atoms with Crippen molar-refractivity contribution in [3.63, 3.8) is 0 Å². The van der Waals surface area contributed by atoms with Crippen molar-refractivity contribution in [2.75, 3.05) is 153 Å². The van der Waals surface area contributed by atoms with Gasteiger partial charge in [-0.15, -0.1) is 23.5 Å². The fourth-order valence-electron chi connectivity index (χ4n) is 7.69. The summed E-state index contributed by atoms with van der Waals surface area (Å²) in [4.78, 5) is 87.0. The lowest BCUT2D eigenvalue weighted by Gasteiger charge is -2.32. The van der Waals surface area contributed by atoms with Crippen LogP contribution in [0.2, 0.25) is 0 Å². The first-order chi connectivity index (χ1) is 48.1. The molecule has 0 N–H and O–H groups in total. The second-order valence-corrected chi connectivity index (χ2v) is 28.9. The van der Waals surface area contributed by atoms with E-state index in [1.54, 1.807) is 102 Å². The van der Waals surface area contributed by atoms with Gasteiger partial charge in [-0.2, -0.15) is 23.5 Å². The first-order valence-corrected chi connectivity index (χ1v) is 37.0. The maximum atomic E-state index is 11.2. The molecule has 8 aliphatic heterocycles. The van der Waals surface area contributed by atoms with E-state index >= 15 is 0 Å². The number of carbonyl (C=O) groups is 8. The molecule has 8 saturated heterocycles. The van der Waals surface area contributed by atoms with Crippen LogP contribution in [0.3, 0.4) is 0 Å². The zero-order chi connectivity index (χ0) is 76.7. The predicted molar refractivity (Wildman–Crippen MR) is 385 cm³/mol. The Balaban J connectivity index is 0.000000583. The summed E-state index contributed by atoms with van der Waals surface area (Å²) in [6, 6.07) is 0. The van der Waals surface area contributed by atoms with E-state index in [9.17, 15) is 38.4 Å². The lowest BCUT2D eigenvalue weighted by molar-refractivity contribution is -0.269. The van der Waals surface area contributed by atoms with Gasteiger partial charge in [-0.25, -0.2) is 38.4 Å². The van der Waals surface area contributed by atoms with Crippen LogP contribution in [0, 0.1) is 0 Å². The zero-order valence-electron chi connectivity index (χ0n) is 61.0. The van der Waals surface area contributed by atoms with Crippen molar-refractivity contribution < 1.29 is 133 Å². The molecule has 0 bridgehead atoms. The van der Waals surface area contributed by atoms with Gasteiger partial charge in [0.15, 0.2) is 9.87 Å². The number of esters is 8. The van der Waals surface area contributed by atoms with Gasteiger partial charge in [-0.05, 0) is 67.2 Å². The van der Waals surface area contributed by atoms with Gasteiger partial charge in [0.25, 0.3) is 0 Å². The van der Waals surface area contributed by atoms with Crippen molar-refractivity contribution >= 4 is 94.8 Å². The Morgan fingerprint density at radius 1 is 0.353 bits per heavy atom. The molecule has 0 aromatic carbocycles. The molecule has 8 aliphatic rings. The van der Waals surface area contributed by atoms with Gasteiger partial charge in [0.1, 0.15) is 26.4 Å². The summed E-state index contributed by atoms with van der Waals surface area (Å²) < 4.78 is 103. The second kappa shape index (κ2) is 51.7. The van der Waals surface area contributed by atoms with Crippen LogP contribution in [0.25, 0.3) is 0 Å². The fraction of sp³-hybridized carbons (Fsp3) is 0.657. The highest BCUT2D eigenvalue weighted by molar-refractivity contribution is 8.00. The van der Waals surface area contributed by atoms with E-state index in [2.05, 4.69) is 52.6 Å². The number of hydrogen-bond donors (Lipinski definition) is 0. The van der Waals surface area contributed by atoms with Gasteiger partial charge in [-0.1, -0.05) is 52.6 Å². The Morgan fingerprint density at radius 3 is 1.07 bits per heavy atom. The maximum absolute atomic E-state index is 11.2. The normalized spacial score (nSPS) is 27.4. The Morgan fingerprint density at radius 2 is 0.696 bits per heavy atom. The van der Waals surface area contributed by atoms with Crippen molar-refractivity contribution in [2.24, 2.45) is 0 Å². The molecule has 0 aliphatic carbocycles. The average Bonchev–Trinajstić information content (AvgIpc) is 0.894. The average molecular weight is 1530 g/mol. The lowest BCUT2D eigenvalue weighted by atomic mass is 10.3. The highest BCUT2D eigenvalue weighted by Gasteiger charge is 2.37. The first kappa shape index (κ1) is 94.6. The molecule has 8 heterocycles. The van der Waals surface area contributed by atoms with E-state index in [-0.39, 0.29) is 25.2 Å². The smallest absolute Gasteiger partial charge is 0.335 e. The minimum atomic E-state index is -0.950. The van der Waals surface area contributed by atoms with Gasteiger partial charge < -0.3 is 94.7 Å². The summed E-state index contributed by atoms with van der Waals surface area (Å²) in [6.07, 6.45) is 7.21. The molecule has 32 heteroatoms. The Bertz CT molecular complexity index is 2440. The number of ether oxygens (including phenoxy) is 20. The highest BCUT2D eigenvalue weighted by atomic mass is 32.2. The molecule has 8 rings (SSSR count). The summed E-state index contributed by atoms with van der Waals surface area (Å²) in [5, 5.41) is 0. The van der Waals surface area contributed by atoms with Crippen LogP contribution in [0.1, 0.15) is 94.9 Å². The fourth-order valence-corrected chi connectivity index (χ4v) is 11.3. The largest absolute Gasteiger partial charge is 0.443 e. The molecule has 28 nitrogen and oxygen atoms in total. The standard InChI is InChI=1S/C10H16O4.2C9H14O4.2C9H14O3S.C8H12O4.2C8H12O3S/c1-8(2)10(11)14-9-7-12-5-3-4-6-13-9;1-7(2)8(10)13-9(3)6-11-4-5-12-9;1-2-8(10)13-9-7-11-5-3-4-6-12-9;1-7(2)8(10)12-9(3)6-13-5-4-11-9;1-7(2)8(10)12-9(3)6-11-4-5-13-9;1-3-7(9)12-8(2)6-10-4-5-11-8;1-3-7(9)11-8(2)6-12-5-4-10-8;1-3-7(9)11-8(2)6-10-4-5-12-8/h9H,1,3-7H2,2H3;1,4-6H2,2-3H3;2,9H,1,3-7H2;2*1,4-6H2,2-3H3;3*3H,1,4-6H2,2H3. The highest BCUT2D eigenvalue weighted by Crippen LogP contribution is 2.32. The van der Waals surface area contributed by atoms with Crippen LogP contribution >= 0.6 is 47.0 Å². The third-order valence-corrected chi connectivity index (χ3v) is 17.6. The maximum Gasteiger partial charge on any atom is 0.335 e. The third kappa shape index (κ3) is 44.4. The molecule has 580 valence electrons. The molecule has 0 aromatic heterocycles. The van der Waals surface area contributed by atoms with E-state index < -0.39 is 81.4 Å². The van der Waals surface area contributed by atoms with E-state index in [4.69, 9.17) is 94.7 Å². The molecule has 102 heavy (non-hydrogen) atoms. The number of carbonyl (C=O) groups excluding carboxylic acids is 8. The Hall–Kier alpha value is -5.40. The third-order valence-electron chi connectivity index (χ3n) is 12.9. The van der Waals surface area contributed by atoms with Gasteiger partial charge in [0.2, 0.25) is 35.7 Å². The molecular formula is C70H108O28S4. The summed E-state index contributed by atoms with van der Waals surface area (Å²) in [5.74, 6) is -1.81. The summed E-state index contributed by atoms with van der Waals surface area (Å²) in [5.41, 5.74) is 1.55. The molecule has 0 saturated carbocycles. The Kier molecular flexibility index (Phi) is 48.0. The van der Waals surface area contributed by atoms with E-state index in [0.717, 1.165) is 80.1 Å². The molecule has 0 spiro atoms. The predicted octanol–water partition coefficient (Wildman–Crippen LogP) is 9.04. The van der Waals surface area contributed by atoms with Crippen LogP contribution < -0.4 is 0 Å². The Labute approximate surface area is 617 Å². The SMILES string of the molecule is C=C(C)C(=O)OC1(C)COCCO1.C=C(C)C(=O)OC1(C)COCCS1.C=C(C)C(=O)OC1(C)CSCCO1.C=C(C)C(=O)OC1COCCCCO1.C=CC(=O)OC1(C)COCCO1.C=CC(=O)OC1(C)COCCS1.C=CC(=O)OC1(C)CSCCO1.C=CC(=O)OC1COCCCCO1. The van der Waals surface area contributed by atoms with Crippen molar-refractivity contribution in [1.82, 2.24) is 0 Å².